The first kappa shape index (κ1) is 23.2. The molecule has 0 spiro atoms. The molecule has 1 aliphatic rings. The lowest BCUT2D eigenvalue weighted by Gasteiger charge is -2.29. The predicted molar refractivity (Wildman–Crippen MR) is 109 cm³/mol. The number of methoxy groups -OCH3 is 1. The smallest absolute Gasteiger partial charge is 0.226 e. The van der Waals surface area contributed by atoms with E-state index in [0.717, 1.165) is 24.2 Å². The van der Waals surface area contributed by atoms with Gasteiger partial charge >= 0.3 is 0 Å². The molecule has 2 rings (SSSR count). The SMILES string of the molecule is CCCCN1C(=O)CC(C(=O)NCC(C)(C)N)C1c1ccc(OC)cc1.Cl. The molecule has 2 atom stereocenters. The highest BCUT2D eigenvalue weighted by Gasteiger charge is 2.44. The van der Waals surface area contributed by atoms with Crippen molar-refractivity contribution in [3.8, 4) is 5.75 Å². The molecule has 0 aliphatic carbocycles. The van der Waals surface area contributed by atoms with Crippen molar-refractivity contribution in [3.63, 3.8) is 0 Å². The molecule has 0 saturated carbocycles. The van der Waals surface area contributed by atoms with Crippen LogP contribution in [0.25, 0.3) is 0 Å². The molecule has 2 unspecified atom stereocenters. The maximum atomic E-state index is 12.8. The van der Waals surface area contributed by atoms with E-state index in [2.05, 4.69) is 12.2 Å². The number of nitrogens with one attached hydrogen (secondary N) is 1. The molecule has 3 N–H and O–H groups in total. The number of halogens is 1. The molecule has 7 heteroatoms. The van der Waals surface area contributed by atoms with Gasteiger partial charge in [-0.3, -0.25) is 9.59 Å². The highest BCUT2D eigenvalue weighted by Crippen LogP contribution is 2.39. The van der Waals surface area contributed by atoms with E-state index in [4.69, 9.17) is 10.5 Å². The minimum Gasteiger partial charge on any atom is -0.497 e. The fourth-order valence-corrected chi connectivity index (χ4v) is 3.28. The van der Waals surface area contributed by atoms with Crippen LogP contribution < -0.4 is 15.8 Å². The maximum Gasteiger partial charge on any atom is 0.226 e. The molecule has 1 aromatic carbocycles. The third-order valence-corrected chi connectivity index (χ3v) is 4.70. The number of unbranched alkanes of at least 4 members (excludes halogenated alkanes) is 1. The molecule has 1 saturated heterocycles. The molecule has 27 heavy (non-hydrogen) atoms. The Bertz CT molecular complexity index is 628. The summed E-state index contributed by atoms with van der Waals surface area (Å²) in [6, 6.07) is 7.37. The van der Waals surface area contributed by atoms with E-state index >= 15 is 0 Å². The fourth-order valence-electron chi connectivity index (χ4n) is 3.28. The van der Waals surface area contributed by atoms with Gasteiger partial charge in [0.15, 0.2) is 0 Å². The van der Waals surface area contributed by atoms with Gasteiger partial charge in [0.2, 0.25) is 11.8 Å². The van der Waals surface area contributed by atoms with Crippen molar-refractivity contribution in [1.82, 2.24) is 10.2 Å². The van der Waals surface area contributed by atoms with Crippen molar-refractivity contribution < 1.29 is 14.3 Å². The van der Waals surface area contributed by atoms with Crippen LogP contribution in [0.4, 0.5) is 0 Å². The van der Waals surface area contributed by atoms with Gasteiger partial charge in [0.05, 0.1) is 19.1 Å². The number of hydrogen-bond donors (Lipinski definition) is 2. The first-order chi connectivity index (χ1) is 12.3. The first-order valence-corrected chi connectivity index (χ1v) is 9.27. The summed E-state index contributed by atoms with van der Waals surface area (Å²) in [6.07, 6.45) is 2.15. The number of amides is 2. The Labute approximate surface area is 168 Å². The van der Waals surface area contributed by atoms with Crippen LogP contribution in [-0.4, -0.2) is 42.5 Å². The van der Waals surface area contributed by atoms with Gasteiger partial charge in [0.25, 0.3) is 0 Å². The third-order valence-electron chi connectivity index (χ3n) is 4.70. The van der Waals surface area contributed by atoms with Crippen molar-refractivity contribution in [1.29, 1.82) is 0 Å². The first-order valence-electron chi connectivity index (χ1n) is 9.27. The van der Waals surface area contributed by atoms with Crippen LogP contribution in [0.3, 0.4) is 0 Å². The summed E-state index contributed by atoms with van der Waals surface area (Å²) in [5, 5.41) is 2.92. The van der Waals surface area contributed by atoms with Crippen molar-refractivity contribution in [3.05, 3.63) is 29.8 Å². The van der Waals surface area contributed by atoms with E-state index < -0.39 is 11.5 Å². The van der Waals surface area contributed by atoms with E-state index in [-0.39, 0.29) is 36.7 Å². The topological polar surface area (TPSA) is 84.7 Å². The molecular weight excluding hydrogens is 366 g/mol. The summed E-state index contributed by atoms with van der Waals surface area (Å²) in [6.45, 7) is 6.86. The van der Waals surface area contributed by atoms with Gasteiger partial charge in [-0.2, -0.15) is 0 Å². The number of hydrogen-bond acceptors (Lipinski definition) is 4. The molecule has 1 heterocycles. The lowest BCUT2D eigenvalue weighted by Crippen LogP contribution is -2.47. The normalized spacial score (nSPS) is 19.6. The van der Waals surface area contributed by atoms with Crippen molar-refractivity contribution in [2.75, 3.05) is 20.2 Å². The second kappa shape index (κ2) is 9.95. The average molecular weight is 398 g/mol. The standard InChI is InChI=1S/C20H31N3O3.ClH/c1-5-6-11-23-17(24)12-16(19(25)22-13-20(2,3)21)18(23)14-7-9-15(26-4)10-8-14;/h7-10,16,18H,5-6,11-13,21H2,1-4H3,(H,22,25);1H. The lowest BCUT2D eigenvalue weighted by molar-refractivity contribution is -0.129. The van der Waals surface area contributed by atoms with Crippen molar-refractivity contribution in [2.24, 2.45) is 11.7 Å². The molecule has 152 valence electrons. The number of rotatable bonds is 8. The molecule has 1 fully saturated rings. The molecule has 0 aromatic heterocycles. The van der Waals surface area contributed by atoms with E-state index in [9.17, 15) is 9.59 Å². The second-order valence-electron chi connectivity index (χ2n) is 7.68. The van der Waals surface area contributed by atoms with Gasteiger partial charge in [-0.05, 0) is 38.0 Å². The molecule has 0 radical (unpaired) electrons. The number of likely N-dealkylation sites (tertiary alicyclic amines) is 1. The monoisotopic (exact) mass is 397 g/mol. The largest absolute Gasteiger partial charge is 0.497 e. The second-order valence-corrected chi connectivity index (χ2v) is 7.68. The summed E-state index contributed by atoms with van der Waals surface area (Å²) in [7, 11) is 1.62. The van der Waals surface area contributed by atoms with Crippen molar-refractivity contribution in [2.45, 2.75) is 51.6 Å². The zero-order valence-corrected chi connectivity index (χ0v) is 17.5. The summed E-state index contributed by atoms with van der Waals surface area (Å²) < 4.78 is 5.22. The van der Waals surface area contributed by atoms with E-state index in [1.165, 1.54) is 0 Å². The summed E-state index contributed by atoms with van der Waals surface area (Å²) in [5.74, 6) is 0.266. The Morgan fingerprint density at radius 1 is 1.33 bits per heavy atom. The molecule has 2 amide bonds. The van der Waals surface area contributed by atoms with Crippen molar-refractivity contribution >= 4 is 24.2 Å². The Kier molecular flexibility index (Phi) is 8.57. The minimum atomic E-state index is -0.490. The number of nitrogens with two attached hydrogens (primary N) is 1. The summed E-state index contributed by atoms with van der Waals surface area (Å²) >= 11 is 0. The van der Waals surface area contributed by atoms with Crippen LogP contribution in [-0.2, 0) is 9.59 Å². The molecular formula is C20H32ClN3O3. The highest BCUT2D eigenvalue weighted by molar-refractivity contribution is 5.90. The Morgan fingerprint density at radius 2 is 1.96 bits per heavy atom. The Hall–Kier alpha value is -1.79. The van der Waals surface area contributed by atoms with Gasteiger partial charge in [-0.25, -0.2) is 0 Å². The minimum absolute atomic E-state index is 0. The van der Waals surface area contributed by atoms with Crippen LogP contribution in [0.2, 0.25) is 0 Å². The van der Waals surface area contributed by atoms with Crippen LogP contribution in [0.1, 0.15) is 51.6 Å². The van der Waals surface area contributed by atoms with Crippen LogP contribution in [0.15, 0.2) is 24.3 Å². The highest BCUT2D eigenvalue weighted by atomic mass is 35.5. The Balaban J connectivity index is 0.00000364. The van der Waals surface area contributed by atoms with Gasteiger partial charge in [-0.15, -0.1) is 12.4 Å². The van der Waals surface area contributed by atoms with Gasteiger partial charge < -0.3 is 20.7 Å². The van der Waals surface area contributed by atoms with E-state index in [1.54, 1.807) is 7.11 Å². The number of benzene rings is 1. The van der Waals surface area contributed by atoms with Gasteiger partial charge in [0, 0.05) is 25.0 Å². The summed E-state index contributed by atoms with van der Waals surface area (Å²) in [4.78, 5) is 27.2. The zero-order chi connectivity index (χ0) is 19.3. The number of carbonyl (C=O) groups excluding carboxylic acids is 2. The number of nitrogens with zero attached hydrogens (tertiary/aromatic N) is 1. The van der Waals surface area contributed by atoms with Crippen LogP contribution in [0.5, 0.6) is 5.75 Å². The quantitative estimate of drug-likeness (QED) is 0.706. The Morgan fingerprint density at radius 3 is 2.48 bits per heavy atom. The van der Waals surface area contributed by atoms with Crippen LogP contribution >= 0.6 is 12.4 Å². The van der Waals surface area contributed by atoms with E-state index in [1.807, 2.05) is 43.0 Å². The van der Waals surface area contributed by atoms with Crippen LogP contribution in [0, 0.1) is 5.92 Å². The summed E-state index contributed by atoms with van der Waals surface area (Å²) in [5.41, 5.74) is 6.44. The predicted octanol–water partition coefficient (Wildman–Crippen LogP) is 2.66. The molecule has 0 bridgehead atoms. The average Bonchev–Trinajstić information content (AvgIpc) is 2.93. The lowest BCUT2D eigenvalue weighted by atomic mass is 9.92. The number of ether oxygens (including phenoxy) is 1. The number of carbonyl (C=O) groups is 2. The maximum absolute atomic E-state index is 12.8. The third kappa shape index (κ3) is 6.11. The van der Waals surface area contributed by atoms with E-state index in [0.29, 0.717) is 13.1 Å². The molecule has 1 aliphatic heterocycles. The molecule has 6 nitrogen and oxygen atoms in total. The molecule has 1 aromatic rings. The van der Waals surface area contributed by atoms with Gasteiger partial charge in [-0.1, -0.05) is 25.5 Å². The van der Waals surface area contributed by atoms with Gasteiger partial charge in [0.1, 0.15) is 5.75 Å². The zero-order valence-electron chi connectivity index (χ0n) is 16.7. The fraction of sp³-hybridized carbons (Fsp3) is 0.600.